The topological polar surface area (TPSA) is 66.9 Å². The van der Waals surface area contributed by atoms with Gasteiger partial charge in [-0.25, -0.2) is 0 Å². The van der Waals surface area contributed by atoms with Crippen molar-refractivity contribution < 1.29 is 4.79 Å². The molecule has 0 spiro atoms. The highest BCUT2D eigenvalue weighted by molar-refractivity contribution is 5.96. The van der Waals surface area contributed by atoms with E-state index in [2.05, 4.69) is 0 Å². The zero-order valence-corrected chi connectivity index (χ0v) is 6.66. The number of carbonyl (C=O) groups is 1. The zero-order chi connectivity index (χ0) is 9.14. The molecule has 0 saturated heterocycles. The molecule has 2 N–H and O–H groups in total. The highest BCUT2D eigenvalue weighted by Crippen LogP contribution is 2.11. The van der Waals surface area contributed by atoms with E-state index in [1.165, 1.54) is 0 Å². The molecule has 0 saturated carbocycles. The molecule has 1 rings (SSSR count). The first-order chi connectivity index (χ1) is 5.66. The van der Waals surface area contributed by atoms with Crippen molar-refractivity contribution in [2.24, 2.45) is 5.73 Å². The largest absolute Gasteiger partial charge is 0.366 e. The van der Waals surface area contributed by atoms with E-state index in [-0.39, 0.29) is 0 Å². The Hall–Kier alpha value is -1.82. The molecule has 1 aromatic carbocycles. The van der Waals surface area contributed by atoms with E-state index in [0.717, 1.165) is 5.56 Å². The Morgan fingerprint density at radius 2 is 2.25 bits per heavy atom. The quantitative estimate of drug-likeness (QED) is 0.665. The Bertz CT molecular complexity index is 363. The fraction of sp³-hybridized carbons (Fsp3) is 0.111. The molecule has 0 radical (unpaired) electrons. The Labute approximate surface area is 70.4 Å². The average Bonchev–Trinajstić information content (AvgIpc) is 2.03. The molecule has 0 aliphatic rings. The van der Waals surface area contributed by atoms with E-state index >= 15 is 0 Å². The van der Waals surface area contributed by atoms with Gasteiger partial charge in [-0.3, -0.25) is 4.79 Å². The highest BCUT2D eigenvalue weighted by Gasteiger charge is 2.09. The summed E-state index contributed by atoms with van der Waals surface area (Å²) in [6.07, 6.45) is 0. The molecule has 0 aromatic heterocycles. The third-order valence-electron chi connectivity index (χ3n) is 1.64. The summed E-state index contributed by atoms with van der Waals surface area (Å²) in [5, 5.41) is 8.63. The van der Waals surface area contributed by atoms with E-state index in [0.29, 0.717) is 11.1 Å². The smallest absolute Gasteiger partial charge is 0.250 e. The Morgan fingerprint density at radius 3 is 2.67 bits per heavy atom. The van der Waals surface area contributed by atoms with Gasteiger partial charge in [0.1, 0.15) is 0 Å². The Balaban J connectivity index is 3.42. The van der Waals surface area contributed by atoms with E-state index in [9.17, 15) is 4.79 Å². The van der Waals surface area contributed by atoms with Crippen LogP contribution in [0.4, 0.5) is 0 Å². The predicted molar refractivity (Wildman–Crippen MR) is 44.4 cm³/mol. The lowest BCUT2D eigenvalue weighted by Gasteiger charge is -2.01. The van der Waals surface area contributed by atoms with Crippen LogP contribution in [0, 0.1) is 18.3 Å². The molecule has 1 aromatic rings. The summed E-state index contributed by atoms with van der Waals surface area (Å²) in [5.74, 6) is -0.551. The molecule has 3 nitrogen and oxygen atoms in total. The summed E-state index contributed by atoms with van der Waals surface area (Å²) in [6, 6.07) is 6.97. The van der Waals surface area contributed by atoms with Gasteiger partial charge in [-0.2, -0.15) is 5.26 Å². The summed E-state index contributed by atoms with van der Waals surface area (Å²) < 4.78 is 0. The monoisotopic (exact) mass is 160 g/mol. The van der Waals surface area contributed by atoms with Gasteiger partial charge >= 0.3 is 0 Å². The molecule has 1 amide bonds. The Morgan fingerprint density at radius 1 is 1.58 bits per heavy atom. The van der Waals surface area contributed by atoms with Crippen LogP contribution in [0.1, 0.15) is 21.5 Å². The van der Waals surface area contributed by atoms with Crippen molar-refractivity contribution in [1.82, 2.24) is 0 Å². The number of nitrogens with zero attached hydrogens (tertiary/aromatic N) is 1. The van der Waals surface area contributed by atoms with E-state index in [1.54, 1.807) is 25.1 Å². The van der Waals surface area contributed by atoms with Crippen molar-refractivity contribution in [3.63, 3.8) is 0 Å². The van der Waals surface area contributed by atoms with Crippen molar-refractivity contribution in [3.05, 3.63) is 34.9 Å². The van der Waals surface area contributed by atoms with Crippen molar-refractivity contribution in [2.75, 3.05) is 0 Å². The maximum atomic E-state index is 10.9. The maximum absolute atomic E-state index is 10.9. The zero-order valence-electron chi connectivity index (χ0n) is 6.66. The molecule has 0 bridgehead atoms. The summed E-state index contributed by atoms with van der Waals surface area (Å²) in [7, 11) is 0. The van der Waals surface area contributed by atoms with E-state index < -0.39 is 5.91 Å². The first-order valence-electron chi connectivity index (χ1n) is 3.46. The van der Waals surface area contributed by atoms with Crippen LogP contribution < -0.4 is 5.73 Å². The second-order valence-electron chi connectivity index (χ2n) is 2.47. The molecule has 0 fully saturated rings. The standard InChI is InChI=1S/C9H8N2O/c1-6-3-2-4-7(5-10)8(6)9(11)12/h2-4H,1H3,(H2,11,12). The average molecular weight is 160 g/mol. The molecule has 0 aliphatic carbocycles. The lowest BCUT2D eigenvalue weighted by Crippen LogP contribution is -2.14. The minimum atomic E-state index is -0.551. The molecular formula is C9H8N2O. The molecular weight excluding hydrogens is 152 g/mol. The molecule has 0 atom stereocenters. The van der Waals surface area contributed by atoms with Gasteiger partial charge in [-0.05, 0) is 18.6 Å². The van der Waals surface area contributed by atoms with Gasteiger partial charge in [0.25, 0.3) is 0 Å². The fourth-order valence-corrected chi connectivity index (χ4v) is 1.09. The predicted octanol–water partition coefficient (Wildman–Crippen LogP) is 0.966. The van der Waals surface area contributed by atoms with Gasteiger partial charge in [0.05, 0.1) is 17.2 Å². The first-order valence-corrected chi connectivity index (χ1v) is 3.46. The van der Waals surface area contributed by atoms with Crippen LogP contribution in [0.25, 0.3) is 0 Å². The van der Waals surface area contributed by atoms with Crippen LogP contribution in [-0.4, -0.2) is 5.91 Å². The van der Waals surface area contributed by atoms with Crippen LogP contribution >= 0.6 is 0 Å². The second kappa shape index (κ2) is 3.05. The van der Waals surface area contributed by atoms with Crippen molar-refractivity contribution in [1.29, 1.82) is 5.26 Å². The second-order valence-corrected chi connectivity index (χ2v) is 2.47. The van der Waals surface area contributed by atoms with E-state index in [1.807, 2.05) is 6.07 Å². The molecule has 0 unspecified atom stereocenters. The fourth-order valence-electron chi connectivity index (χ4n) is 1.09. The van der Waals surface area contributed by atoms with Gasteiger partial charge in [0.15, 0.2) is 0 Å². The molecule has 0 aliphatic heterocycles. The van der Waals surface area contributed by atoms with Crippen LogP contribution in [0.15, 0.2) is 18.2 Å². The van der Waals surface area contributed by atoms with Gasteiger partial charge in [-0.15, -0.1) is 0 Å². The van der Waals surface area contributed by atoms with Gasteiger partial charge < -0.3 is 5.73 Å². The first kappa shape index (κ1) is 8.28. The van der Waals surface area contributed by atoms with Crippen LogP contribution in [0.2, 0.25) is 0 Å². The normalized spacial score (nSPS) is 9.00. The van der Waals surface area contributed by atoms with Crippen LogP contribution in [0.3, 0.4) is 0 Å². The van der Waals surface area contributed by atoms with Crippen molar-refractivity contribution in [3.8, 4) is 6.07 Å². The van der Waals surface area contributed by atoms with E-state index in [4.69, 9.17) is 11.0 Å². The number of hydrogen-bond donors (Lipinski definition) is 1. The number of amides is 1. The lowest BCUT2D eigenvalue weighted by molar-refractivity contribution is 0.0999. The van der Waals surface area contributed by atoms with Crippen LogP contribution in [0.5, 0.6) is 0 Å². The molecule has 12 heavy (non-hydrogen) atoms. The third-order valence-corrected chi connectivity index (χ3v) is 1.64. The SMILES string of the molecule is Cc1cccc(C#N)c1C(N)=O. The summed E-state index contributed by atoms with van der Waals surface area (Å²) in [4.78, 5) is 10.9. The van der Waals surface area contributed by atoms with Crippen molar-refractivity contribution in [2.45, 2.75) is 6.92 Å². The van der Waals surface area contributed by atoms with Gasteiger partial charge in [0.2, 0.25) is 5.91 Å². The minimum absolute atomic E-state index is 0.319. The van der Waals surface area contributed by atoms with Gasteiger partial charge in [-0.1, -0.05) is 12.1 Å². The van der Waals surface area contributed by atoms with Crippen LogP contribution in [-0.2, 0) is 0 Å². The number of nitrogens with two attached hydrogens (primary N) is 1. The minimum Gasteiger partial charge on any atom is -0.366 e. The number of benzene rings is 1. The third kappa shape index (κ3) is 1.28. The molecule has 60 valence electrons. The van der Waals surface area contributed by atoms with Crippen molar-refractivity contribution >= 4 is 5.91 Å². The number of aryl methyl sites for hydroxylation is 1. The Kier molecular flexibility index (Phi) is 2.11. The lowest BCUT2D eigenvalue weighted by atomic mass is 10.0. The van der Waals surface area contributed by atoms with Gasteiger partial charge in [0, 0.05) is 0 Å². The maximum Gasteiger partial charge on any atom is 0.250 e. The summed E-state index contributed by atoms with van der Waals surface area (Å²) in [6.45, 7) is 1.75. The number of primary amides is 1. The number of rotatable bonds is 1. The number of carbonyl (C=O) groups excluding carboxylic acids is 1. The molecule has 0 heterocycles. The summed E-state index contributed by atoms with van der Waals surface area (Å²) in [5.41, 5.74) is 6.49. The number of nitriles is 1. The molecule has 3 heteroatoms. The highest BCUT2D eigenvalue weighted by atomic mass is 16.1. The number of hydrogen-bond acceptors (Lipinski definition) is 2. The summed E-state index contributed by atoms with van der Waals surface area (Å²) >= 11 is 0.